The Bertz CT molecular complexity index is 2070. The van der Waals surface area contributed by atoms with Gasteiger partial charge in [0.25, 0.3) is 0 Å². The summed E-state index contributed by atoms with van der Waals surface area (Å²) in [4.78, 5) is 9.93. The van der Waals surface area contributed by atoms with Crippen molar-refractivity contribution in [2.24, 2.45) is 5.92 Å². The van der Waals surface area contributed by atoms with Crippen molar-refractivity contribution in [2.45, 2.75) is 51.0 Å². The van der Waals surface area contributed by atoms with Gasteiger partial charge < -0.3 is 14.5 Å². The average molecular weight is 577 g/mol. The minimum atomic E-state index is 0.0283. The van der Waals surface area contributed by atoms with Crippen LogP contribution in [0.3, 0.4) is 0 Å². The molecule has 0 atom stereocenters. The Hall–Kier alpha value is -4.77. The van der Waals surface area contributed by atoms with Crippen LogP contribution in [0.15, 0.2) is 109 Å². The van der Waals surface area contributed by atoms with Gasteiger partial charge >= 0.3 is 0 Å². The Morgan fingerprint density at radius 2 is 1.48 bits per heavy atom. The SMILES string of the molecule is CC(C)(C)c1ccnc(-n2c3ccccc3c3ccc(Oc4cccc(N5CN(C67CC(C6)C7)c6ccccc65)c4)cc32)c1. The number of anilines is 3. The fourth-order valence-electron chi connectivity index (χ4n) is 7.72. The largest absolute Gasteiger partial charge is 0.457 e. The summed E-state index contributed by atoms with van der Waals surface area (Å²) in [6.45, 7) is 7.62. The van der Waals surface area contributed by atoms with E-state index >= 15 is 0 Å². The van der Waals surface area contributed by atoms with Gasteiger partial charge in [0.05, 0.1) is 29.1 Å². The molecule has 0 radical (unpaired) electrons. The molecular formula is C39H36N4O. The van der Waals surface area contributed by atoms with Crippen molar-refractivity contribution in [1.29, 1.82) is 0 Å². The lowest BCUT2D eigenvalue weighted by molar-refractivity contribution is -0.0233. The van der Waals surface area contributed by atoms with E-state index in [0.717, 1.165) is 46.6 Å². The van der Waals surface area contributed by atoms with Crippen LogP contribution in [0.1, 0.15) is 45.6 Å². The zero-order valence-corrected chi connectivity index (χ0v) is 25.5. The van der Waals surface area contributed by atoms with Gasteiger partial charge in [-0.05, 0) is 90.8 Å². The molecule has 5 nitrogen and oxygen atoms in total. The van der Waals surface area contributed by atoms with E-state index in [1.807, 2.05) is 6.20 Å². The molecule has 0 saturated heterocycles. The van der Waals surface area contributed by atoms with Gasteiger partial charge in [-0.1, -0.05) is 57.2 Å². The first-order chi connectivity index (χ1) is 21.4. The van der Waals surface area contributed by atoms with Crippen LogP contribution in [0.5, 0.6) is 11.5 Å². The van der Waals surface area contributed by atoms with E-state index in [9.17, 15) is 0 Å². The lowest BCUT2D eigenvalue weighted by atomic mass is 9.49. The quantitative estimate of drug-likeness (QED) is 0.205. The Labute approximate surface area is 258 Å². The van der Waals surface area contributed by atoms with Crippen LogP contribution in [-0.2, 0) is 5.41 Å². The average Bonchev–Trinajstić information content (AvgIpc) is 3.52. The Kier molecular flexibility index (Phi) is 5.33. The van der Waals surface area contributed by atoms with Crippen molar-refractivity contribution in [1.82, 2.24) is 9.55 Å². The first-order valence-corrected chi connectivity index (χ1v) is 15.8. The number of pyridine rings is 1. The van der Waals surface area contributed by atoms with Crippen LogP contribution in [0.4, 0.5) is 17.1 Å². The Morgan fingerprint density at radius 3 is 2.27 bits per heavy atom. The van der Waals surface area contributed by atoms with Crippen LogP contribution in [-0.4, -0.2) is 21.8 Å². The van der Waals surface area contributed by atoms with Gasteiger partial charge in [-0.3, -0.25) is 4.57 Å². The summed E-state index contributed by atoms with van der Waals surface area (Å²) < 4.78 is 8.87. The third-order valence-corrected chi connectivity index (χ3v) is 10.2. The van der Waals surface area contributed by atoms with Crippen molar-refractivity contribution >= 4 is 38.9 Å². The van der Waals surface area contributed by atoms with Gasteiger partial charge in [-0.15, -0.1) is 0 Å². The lowest BCUT2D eigenvalue weighted by Crippen LogP contribution is -2.68. The standard InChI is InChI=1S/C39H36N4O/c1-38(2,3)27-17-18-40-37(19-27)43-33-12-5-4-11-31(33)32-16-15-30(21-36(32)43)44-29-10-8-9-28(20-29)41-25-42(39-22-26(23-39)24-39)35-14-7-6-13-34(35)41/h4-21,26H,22-25H2,1-3H3. The molecule has 3 heterocycles. The van der Waals surface area contributed by atoms with E-state index in [1.165, 1.54) is 47.0 Å². The van der Waals surface area contributed by atoms with E-state index < -0.39 is 0 Å². The molecule has 44 heavy (non-hydrogen) atoms. The van der Waals surface area contributed by atoms with Gasteiger partial charge in [-0.2, -0.15) is 0 Å². The van der Waals surface area contributed by atoms with Crippen molar-refractivity contribution in [3.05, 3.63) is 115 Å². The molecule has 3 saturated carbocycles. The van der Waals surface area contributed by atoms with E-state index in [1.54, 1.807) is 0 Å². The van der Waals surface area contributed by atoms with Gasteiger partial charge in [0.1, 0.15) is 17.3 Å². The number of aromatic nitrogens is 2. The minimum absolute atomic E-state index is 0.0283. The Morgan fingerprint density at radius 1 is 0.727 bits per heavy atom. The predicted molar refractivity (Wildman–Crippen MR) is 180 cm³/mol. The molecule has 2 bridgehead atoms. The molecule has 3 fully saturated rings. The molecule has 3 aliphatic carbocycles. The number of ether oxygens (including phenoxy) is 1. The summed E-state index contributed by atoms with van der Waals surface area (Å²) in [6.07, 6.45) is 5.95. The van der Waals surface area contributed by atoms with E-state index in [4.69, 9.17) is 9.72 Å². The van der Waals surface area contributed by atoms with Crippen LogP contribution >= 0.6 is 0 Å². The normalized spacial score (nSPS) is 20.5. The van der Waals surface area contributed by atoms with E-state index in [-0.39, 0.29) is 5.41 Å². The highest BCUT2D eigenvalue weighted by atomic mass is 16.5. The van der Waals surface area contributed by atoms with Crippen molar-refractivity contribution in [3.8, 4) is 17.3 Å². The maximum Gasteiger partial charge on any atom is 0.137 e. The number of fused-ring (bicyclic) bond motifs is 4. The number of benzene rings is 4. The zero-order valence-electron chi connectivity index (χ0n) is 25.5. The Balaban J connectivity index is 1.08. The fraction of sp³-hybridized carbons (Fsp3) is 0.256. The number of hydrogen-bond acceptors (Lipinski definition) is 4. The number of nitrogens with zero attached hydrogens (tertiary/aromatic N) is 4. The number of rotatable bonds is 5. The zero-order chi connectivity index (χ0) is 29.6. The highest BCUT2D eigenvalue weighted by Crippen LogP contribution is 2.63. The first-order valence-electron chi connectivity index (χ1n) is 15.8. The first kappa shape index (κ1) is 25.7. The van der Waals surface area contributed by atoms with Crippen molar-refractivity contribution in [3.63, 3.8) is 0 Å². The smallest absolute Gasteiger partial charge is 0.137 e. The van der Waals surface area contributed by atoms with Gasteiger partial charge in [-0.25, -0.2) is 4.98 Å². The molecule has 0 amide bonds. The third-order valence-electron chi connectivity index (χ3n) is 10.2. The van der Waals surface area contributed by atoms with E-state index in [0.29, 0.717) is 5.54 Å². The minimum Gasteiger partial charge on any atom is -0.457 e. The summed E-state index contributed by atoms with van der Waals surface area (Å²) in [6, 6.07) is 36.7. The maximum absolute atomic E-state index is 6.60. The molecular weight excluding hydrogens is 540 g/mol. The monoisotopic (exact) mass is 576 g/mol. The third kappa shape index (κ3) is 3.81. The molecule has 1 aliphatic heterocycles. The molecule has 0 unspecified atom stereocenters. The highest BCUT2D eigenvalue weighted by molar-refractivity contribution is 6.09. The molecule has 0 N–H and O–H groups in total. The molecule has 10 rings (SSSR count). The van der Waals surface area contributed by atoms with Crippen LogP contribution in [0.25, 0.3) is 27.6 Å². The fourth-order valence-corrected chi connectivity index (χ4v) is 7.72. The molecule has 6 aromatic rings. The second kappa shape index (κ2) is 9.12. The molecule has 0 spiro atoms. The number of hydrogen-bond donors (Lipinski definition) is 0. The highest BCUT2D eigenvalue weighted by Gasteiger charge is 2.61. The molecule has 218 valence electrons. The van der Waals surface area contributed by atoms with E-state index in [2.05, 4.69) is 138 Å². The summed E-state index contributed by atoms with van der Waals surface area (Å²) in [7, 11) is 0. The molecule has 4 aliphatic rings. The van der Waals surface area contributed by atoms with Crippen molar-refractivity contribution in [2.75, 3.05) is 16.5 Å². The van der Waals surface area contributed by atoms with Crippen molar-refractivity contribution < 1.29 is 4.74 Å². The van der Waals surface area contributed by atoms with Gasteiger partial charge in [0.2, 0.25) is 0 Å². The topological polar surface area (TPSA) is 33.5 Å². The summed E-state index contributed by atoms with van der Waals surface area (Å²) >= 11 is 0. The second-order valence-corrected chi connectivity index (χ2v) is 14.0. The maximum atomic E-state index is 6.60. The molecule has 4 aromatic carbocycles. The lowest BCUT2D eigenvalue weighted by Gasteiger charge is -2.66. The predicted octanol–water partition coefficient (Wildman–Crippen LogP) is 9.74. The van der Waals surface area contributed by atoms with Crippen LogP contribution < -0.4 is 14.5 Å². The molecule has 2 aromatic heterocycles. The molecule has 5 heteroatoms. The van der Waals surface area contributed by atoms with Crippen LogP contribution in [0, 0.1) is 5.92 Å². The number of para-hydroxylation sites is 3. The van der Waals surface area contributed by atoms with Gasteiger partial charge in [0, 0.05) is 40.3 Å². The summed E-state index contributed by atoms with van der Waals surface area (Å²) in [5, 5.41) is 2.40. The summed E-state index contributed by atoms with van der Waals surface area (Å²) in [5.74, 6) is 3.51. The second-order valence-electron chi connectivity index (χ2n) is 14.0. The van der Waals surface area contributed by atoms with Gasteiger partial charge in [0.15, 0.2) is 0 Å². The summed E-state index contributed by atoms with van der Waals surface area (Å²) in [5.41, 5.74) is 7.68. The van der Waals surface area contributed by atoms with Crippen LogP contribution in [0.2, 0.25) is 0 Å².